The molecule has 0 aliphatic heterocycles. The van der Waals surface area contributed by atoms with Gasteiger partial charge < -0.3 is 4.57 Å². The van der Waals surface area contributed by atoms with Crippen molar-refractivity contribution in [2.75, 3.05) is 0 Å². The van der Waals surface area contributed by atoms with E-state index in [1.54, 1.807) is 0 Å². The van der Waals surface area contributed by atoms with Crippen LogP contribution in [0.25, 0.3) is 27.5 Å². The van der Waals surface area contributed by atoms with Crippen LogP contribution in [0.5, 0.6) is 0 Å². The highest BCUT2D eigenvalue weighted by Gasteiger charge is 2.43. The molecule has 0 aliphatic rings. The van der Waals surface area contributed by atoms with Crippen molar-refractivity contribution in [3.63, 3.8) is 0 Å². The molecule has 0 fully saturated rings. The zero-order chi connectivity index (χ0) is 41.4. The van der Waals surface area contributed by atoms with E-state index in [0.717, 1.165) is 0 Å². The maximum absolute atomic E-state index is 2.81. The van der Waals surface area contributed by atoms with Gasteiger partial charge in [-0.15, -0.1) is 0 Å². The first-order chi connectivity index (χ1) is 29.9. The normalized spacial score (nSPS) is 12.0. The molecule has 9 aromatic carbocycles. The SMILES string of the molecule is C.CC(C)(C)c1ccc(-n2c3ccc([Si](c4ccccc4)(c4ccccc4)c4ccccc4)cc3c3cc([Si](c4ccccc4)(c4ccccc4)c4ccccc4)ccc32)cc1. The van der Waals surface area contributed by atoms with Crippen molar-refractivity contribution in [1.29, 1.82) is 0 Å². The predicted octanol–water partition coefficient (Wildman–Crippen LogP) is 9.47. The number of aromatic nitrogens is 1. The minimum absolute atomic E-state index is 0. The number of hydrogen-bond donors (Lipinski definition) is 0. The molecule has 3 heteroatoms. The molecule has 0 unspecified atom stereocenters. The van der Waals surface area contributed by atoms with Crippen LogP contribution in [0.4, 0.5) is 0 Å². The van der Waals surface area contributed by atoms with E-state index in [2.05, 4.69) is 268 Å². The Kier molecular flexibility index (Phi) is 10.9. The molecule has 10 rings (SSSR count). The molecule has 302 valence electrons. The Balaban J connectivity index is 0.00000490. The van der Waals surface area contributed by atoms with E-state index in [4.69, 9.17) is 0 Å². The summed E-state index contributed by atoms with van der Waals surface area (Å²) in [4.78, 5) is 0. The molecule has 0 bridgehead atoms. The van der Waals surface area contributed by atoms with Gasteiger partial charge in [-0.1, -0.05) is 247 Å². The second-order valence-electron chi connectivity index (χ2n) is 17.3. The Hall–Kier alpha value is -6.79. The van der Waals surface area contributed by atoms with Crippen LogP contribution >= 0.6 is 0 Å². The van der Waals surface area contributed by atoms with Crippen molar-refractivity contribution >= 4 is 79.4 Å². The third-order valence-corrected chi connectivity index (χ3v) is 22.4. The largest absolute Gasteiger partial charge is 0.309 e. The average molecular weight is 832 g/mol. The Morgan fingerprint density at radius 3 is 0.839 bits per heavy atom. The number of rotatable bonds is 9. The Morgan fingerprint density at radius 2 is 0.581 bits per heavy atom. The van der Waals surface area contributed by atoms with Crippen LogP contribution in [0, 0.1) is 0 Å². The first-order valence-corrected chi connectivity index (χ1v) is 25.4. The van der Waals surface area contributed by atoms with Crippen LogP contribution in [-0.2, 0) is 5.41 Å². The standard InChI is InChI=1S/C58H49NSi2.CH4/c1-58(2,3)44-34-36-45(37-35-44)59-56-40-38-52(60(46-22-10-4-11-23-46,47-24-12-5-13-25-47)48-26-14-6-15-27-48)42-54(56)55-43-53(39-41-57(55)59)61(49-28-16-7-17-29-49,50-30-18-8-19-31-50)51-32-20-9-21-33-51;/h4-43H,1-3H3;1H4. The van der Waals surface area contributed by atoms with E-state index in [1.807, 2.05) is 0 Å². The predicted molar refractivity (Wildman–Crippen MR) is 273 cm³/mol. The lowest BCUT2D eigenvalue weighted by molar-refractivity contribution is 0.590. The summed E-state index contributed by atoms with van der Waals surface area (Å²) in [6, 6.07) is 91.7. The highest BCUT2D eigenvalue weighted by Crippen LogP contribution is 2.33. The highest BCUT2D eigenvalue weighted by atomic mass is 28.3. The zero-order valence-corrected chi connectivity index (χ0v) is 37.0. The summed E-state index contributed by atoms with van der Waals surface area (Å²) in [6.07, 6.45) is 0. The zero-order valence-electron chi connectivity index (χ0n) is 35.0. The van der Waals surface area contributed by atoms with Gasteiger partial charge >= 0.3 is 0 Å². The maximum Gasteiger partial charge on any atom is 0.179 e. The number of benzene rings is 9. The van der Waals surface area contributed by atoms with Crippen molar-refractivity contribution in [3.8, 4) is 5.69 Å². The van der Waals surface area contributed by atoms with Gasteiger partial charge in [-0.05, 0) is 76.7 Å². The average Bonchev–Trinajstić information content (AvgIpc) is 3.65. The third-order valence-electron chi connectivity index (χ3n) is 12.9. The van der Waals surface area contributed by atoms with Gasteiger partial charge in [-0.2, -0.15) is 0 Å². The smallest absolute Gasteiger partial charge is 0.179 e. The van der Waals surface area contributed by atoms with Crippen molar-refractivity contribution in [2.24, 2.45) is 0 Å². The van der Waals surface area contributed by atoms with Crippen LogP contribution < -0.4 is 41.5 Å². The molecule has 0 N–H and O–H groups in total. The van der Waals surface area contributed by atoms with E-state index >= 15 is 0 Å². The molecule has 0 spiro atoms. The lowest BCUT2D eigenvalue weighted by Crippen LogP contribution is -2.74. The molecule has 0 saturated heterocycles. The van der Waals surface area contributed by atoms with Gasteiger partial charge in [-0.3, -0.25) is 0 Å². The van der Waals surface area contributed by atoms with E-state index in [1.165, 1.54) is 74.6 Å². The number of fused-ring (bicyclic) bond motifs is 3. The van der Waals surface area contributed by atoms with Gasteiger partial charge in [-0.25, -0.2) is 0 Å². The van der Waals surface area contributed by atoms with E-state index < -0.39 is 16.1 Å². The molecule has 1 nitrogen and oxygen atoms in total. The number of nitrogens with zero attached hydrogens (tertiary/aromatic N) is 1. The van der Waals surface area contributed by atoms with Gasteiger partial charge in [0.2, 0.25) is 0 Å². The molecule has 1 heterocycles. The van der Waals surface area contributed by atoms with Crippen molar-refractivity contribution < 1.29 is 0 Å². The molecule has 1 aromatic heterocycles. The monoisotopic (exact) mass is 831 g/mol. The molecule has 0 saturated carbocycles. The molecular weight excluding hydrogens is 779 g/mol. The molecule has 0 radical (unpaired) electrons. The molecule has 0 aliphatic carbocycles. The molecule has 62 heavy (non-hydrogen) atoms. The topological polar surface area (TPSA) is 4.93 Å². The fraction of sp³-hybridized carbons (Fsp3) is 0.0847. The lowest BCUT2D eigenvalue weighted by atomic mass is 9.87. The van der Waals surface area contributed by atoms with Crippen LogP contribution in [0.3, 0.4) is 0 Å². The summed E-state index contributed by atoms with van der Waals surface area (Å²) < 4.78 is 2.50. The third kappa shape index (κ3) is 6.69. The van der Waals surface area contributed by atoms with Crippen LogP contribution in [-0.4, -0.2) is 20.7 Å². The Labute approximate surface area is 369 Å². The van der Waals surface area contributed by atoms with Crippen LogP contribution in [0.2, 0.25) is 0 Å². The van der Waals surface area contributed by atoms with Gasteiger partial charge in [0.1, 0.15) is 0 Å². The summed E-state index contributed by atoms with van der Waals surface area (Å²) in [6.45, 7) is 6.86. The van der Waals surface area contributed by atoms with Crippen LogP contribution in [0.15, 0.2) is 243 Å². The summed E-state index contributed by atoms with van der Waals surface area (Å²) in [5.74, 6) is 0. The molecule has 10 aromatic rings. The number of hydrogen-bond acceptors (Lipinski definition) is 0. The quantitative estimate of drug-likeness (QED) is 0.101. The highest BCUT2D eigenvalue weighted by molar-refractivity contribution is 7.20. The van der Waals surface area contributed by atoms with Gasteiger partial charge in [0.05, 0.1) is 11.0 Å². The summed E-state index contributed by atoms with van der Waals surface area (Å²) in [5, 5.41) is 13.5. The van der Waals surface area contributed by atoms with E-state index in [-0.39, 0.29) is 12.8 Å². The minimum Gasteiger partial charge on any atom is -0.309 e. The van der Waals surface area contributed by atoms with Gasteiger partial charge in [0, 0.05) is 16.5 Å². The second-order valence-corrected chi connectivity index (χ2v) is 24.9. The van der Waals surface area contributed by atoms with Crippen LogP contribution in [0.1, 0.15) is 33.8 Å². The lowest BCUT2D eigenvalue weighted by Gasteiger charge is -2.34. The van der Waals surface area contributed by atoms with Crippen molar-refractivity contribution in [1.82, 2.24) is 4.57 Å². The summed E-state index contributed by atoms with van der Waals surface area (Å²) in [5.41, 5.74) is 4.98. The van der Waals surface area contributed by atoms with Crippen molar-refractivity contribution in [3.05, 3.63) is 248 Å². The van der Waals surface area contributed by atoms with E-state index in [0.29, 0.717) is 0 Å². The maximum atomic E-state index is 2.57. The molecule has 0 atom stereocenters. The summed E-state index contributed by atoms with van der Waals surface area (Å²) in [7, 11) is -5.62. The Morgan fingerprint density at radius 1 is 0.306 bits per heavy atom. The summed E-state index contributed by atoms with van der Waals surface area (Å²) >= 11 is 0. The first kappa shape index (κ1) is 40.6. The minimum atomic E-state index is -2.81. The molecular formula is C59H53NSi2. The fourth-order valence-corrected chi connectivity index (χ4v) is 19.6. The molecule has 0 amide bonds. The first-order valence-electron chi connectivity index (χ1n) is 21.4. The van der Waals surface area contributed by atoms with Gasteiger partial charge in [0.25, 0.3) is 0 Å². The second kappa shape index (κ2) is 16.6. The van der Waals surface area contributed by atoms with Crippen molar-refractivity contribution in [2.45, 2.75) is 33.6 Å². The fourth-order valence-electron chi connectivity index (χ4n) is 10.0. The van der Waals surface area contributed by atoms with Gasteiger partial charge in [0.15, 0.2) is 16.1 Å². The Bertz CT molecular complexity index is 2690. The van der Waals surface area contributed by atoms with E-state index in [9.17, 15) is 0 Å².